The molecule has 0 spiro atoms. The number of nitrogens with zero attached hydrogens (tertiary/aromatic N) is 4. The summed E-state index contributed by atoms with van der Waals surface area (Å²) in [4.78, 5) is 45.9. The molecule has 0 unspecified atom stereocenters. The van der Waals surface area contributed by atoms with Gasteiger partial charge in [-0.15, -0.1) is 0 Å². The van der Waals surface area contributed by atoms with Crippen molar-refractivity contribution in [3.63, 3.8) is 0 Å². The summed E-state index contributed by atoms with van der Waals surface area (Å²) in [7, 11) is 0. The molecule has 6 aromatic carbocycles. The Morgan fingerprint density at radius 1 is 0.544 bits per heavy atom. The minimum atomic E-state index is -4.80. The van der Waals surface area contributed by atoms with Crippen molar-refractivity contribution in [2.45, 2.75) is 50.7 Å². The van der Waals surface area contributed by atoms with Crippen LogP contribution < -0.4 is 30.2 Å². The summed E-state index contributed by atoms with van der Waals surface area (Å²) in [5.41, 5.74) is -6.64. The van der Waals surface area contributed by atoms with Crippen LogP contribution in [0.15, 0.2) is 109 Å². The third kappa shape index (κ3) is 18.3. The Labute approximate surface area is 462 Å². The highest BCUT2D eigenvalue weighted by Crippen LogP contribution is 2.38. The zero-order valence-corrected chi connectivity index (χ0v) is 43.8. The molecule has 25 heteroatoms. The average molecular weight is 1150 g/mol. The number of amides is 3. The van der Waals surface area contributed by atoms with Gasteiger partial charge in [-0.05, 0) is 100.0 Å². The second-order valence-electron chi connectivity index (χ2n) is 17.2. The van der Waals surface area contributed by atoms with Crippen LogP contribution in [0.5, 0.6) is 17.2 Å². The van der Waals surface area contributed by atoms with Crippen molar-refractivity contribution in [2.24, 2.45) is 0 Å². The molecule has 0 fully saturated rings. The van der Waals surface area contributed by atoms with Crippen molar-refractivity contribution in [3.8, 4) is 23.3 Å². The maximum absolute atomic E-state index is 13.6. The fraction of sp³-hybridized carbons (Fsp3) is 0.204. The van der Waals surface area contributed by atoms with Crippen LogP contribution in [0.4, 0.5) is 60.5 Å². The van der Waals surface area contributed by atoms with E-state index in [1.54, 1.807) is 25.1 Å². The number of nitrogens with one attached hydrogen (secondary N) is 3. The first-order chi connectivity index (χ1) is 36.9. The topological polar surface area (TPSA) is 213 Å². The van der Waals surface area contributed by atoms with Crippen LogP contribution in [-0.2, 0) is 20.6 Å². The molecule has 0 saturated carbocycles. The normalized spacial score (nSPS) is 12.9. The molecule has 16 nitrogen and oxygen atoms in total. The zero-order valence-electron chi connectivity index (χ0n) is 41.5. The molecular formula is C54H42Cl3F6N7O9. The number of nitriles is 1. The van der Waals surface area contributed by atoms with Gasteiger partial charge in [0.15, 0.2) is 22.5 Å². The lowest BCUT2D eigenvalue weighted by Gasteiger charge is -2.23. The molecule has 0 aliphatic rings. The van der Waals surface area contributed by atoms with E-state index in [4.69, 9.17) is 74.0 Å². The minimum absolute atomic E-state index is 0.0587. The quantitative estimate of drug-likeness (QED) is 0.0423. The van der Waals surface area contributed by atoms with Crippen molar-refractivity contribution >= 4 is 86.6 Å². The minimum Gasteiger partial charge on any atom is -0.490 e. The van der Waals surface area contributed by atoms with Crippen molar-refractivity contribution in [1.82, 2.24) is 0 Å². The highest BCUT2D eigenvalue weighted by atomic mass is 35.5. The van der Waals surface area contributed by atoms with Crippen LogP contribution in [0.25, 0.3) is 14.5 Å². The van der Waals surface area contributed by atoms with E-state index in [9.17, 15) is 56.0 Å². The van der Waals surface area contributed by atoms with E-state index in [0.29, 0.717) is 23.0 Å². The number of rotatable bonds is 15. The van der Waals surface area contributed by atoms with Gasteiger partial charge in [0.25, 0.3) is 17.7 Å². The number of carbonyl (C=O) groups is 3. The fourth-order valence-electron chi connectivity index (χ4n) is 5.86. The number of alkyl halides is 3. The van der Waals surface area contributed by atoms with Gasteiger partial charge >= 0.3 is 6.18 Å². The van der Waals surface area contributed by atoms with Crippen molar-refractivity contribution in [1.29, 1.82) is 5.26 Å². The van der Waals surface area contributed by atoms with Crippen molar-refractivity contribution in [3.05, 3.63) is 193 Å². The van der Waals surface area contributed by atoms with E-state index < -0.39 is 82.6 Å². The highest BCUT2D eigenvalue weighted by Gasteiger charge is 2.36. The van der Waals surface area contributed by atoms with Crippen molar-refractivity contribution in [2.75, 3.05) is 35.8 Å². The second-order valence-corrected chi connectivity index (χ2v) is 18.4. The van der Waals surface area contributed by atoms with E-state index in [0.717, 1.165) is 37.3 Å². The summed E-state index contributed by atoms with van der Waals surface area (Å²) in [5.74, 6) is -4.21. The summed E-state index contributed by atoms with van der Waals surface area (Å²) < 4.78 is 95.1. The first-order valence-corrected chi connectivity index (χ1v) is 23.4. The third-order valence-corrected chi connectivity index (χ3v) is 11.4. The number of ether oxygens (including phenoxy) is 3. The lowest BCUT2D eigenvalue weighted by molar-refractivity contribution is -0.137. The van der Waals surface area contributed by atoms with Crippen LogP contribution in [0.3, 0.4) is 0 Å². The van der Waals surface area contributed by atoms with Crippen molar-refractivity contribution < 1.29 is 70.3 Å². The Morgan fingerprint density at radius 3 is 1.27 bits per heavy atom. The number of hydrogen-bond acceptors (Lipinski definition) is 10. The number of carbonyl (C=O) groups excluding carboxylic acids is 3. The lowest BCUT2D eigenvalue weighted by Crippen LogP contribution is -2.45. The first kappa shape index (κ1) is 63.0. The van der Waals surface area contributed by atoms with E-state index in [1.165, 1.54) is 74.5 Å². The smallest absolute Gasteiger partial charge is 0.407 e. The molecule has 6 rings (SSSR count). The lowest BCUT2D eigenvalue weighted by atomic mass is 10.1. The van der Waals surface area contributed by atoms with E-state index in [1.807, 2.05) is 0 Å². The molecule has 0 aromatic heterocycles. The van der Waals surface area contributed by atoms with Gasteiger partial charge in [-0.2, -0.15) is 18.4 Å². The summed E-state index contributed by atoms with van der Waals surface area (Å²) in [6.07, 6.45) is -4.80. The van der Waals surface area contributed by atoms with Gasteiger partial charge < -0.3 is 45.5 Å². The standard InChI is InChI=1S/C19H13F4N3O3.C18H16ClFN2O3.C17H13Cl2FN2O3/c1-18(28,10-29-13-5-3-11(9-24)15(20)8-13)17(27)26-12-4-6-16(25-2)14(7-12)19(21,22)23;1-11-4-6-13(9-15(11)20)25-10-18(2,24)17(23)22-12-5-7-16(21-3)14(19)8-12;1-17(24,9-25-11-4-5-12(18)14(20)8-11)16(23)22-10-3-6-15(21-2)13(19)7-10/h3-8,28H,10H2,1H3,(H,26,27);4-9,24H,10H2,1-2H3,(H,22,23);3-8,24H,9H2,1H3,(H,22,23)/t2*18-;17-/m000/s1. The van der Waals surface area contributed by atoms with Gasteiger partial charge in [0.05, 0.1) is 35.9 Å². The Balaban J connectivity index is 0.000000256. The Bertz CT molecular complexity index is 3290. The number of halogens is 9. The molecule has 0 aliphatic heterocycles. The van der Waals surface area contributed by atoms with Gasteiger partial charge in [-0.3, -0.25) is 14.4 Å². The predicted molar refractivity (Wildman–Crippen MR) is 281 cm³/mol. The first-order valence-electron chi connectivity index (χ1n) is 22.3. The monoisotopic (exact) mass is 1150 g/mol. The summed E-state index contributed by atoms with van der Waals surface area (Å²) in [5, 5.41) is 46.9. The molecule has 3 amide bonds. The van der Waals surface area contributed by atoms with Crippen LogP contribution in [0.1, 0.15) is 37.5 Å². The third-order valence-electron chi connectivity index (χ3n) is 10.5. The molecule has 0 radical (unpaired) electrons. The molecular weight excluding hydrogens is 1110 g/mol. The Hall–Kier alpha value is -8.58. The highest BCUT2D eigenvalue weighted by molar-refractivity contribution is 6.34. The van der Waals surface area contributed by atoms with Gasteiger partial charge in [0, 0.05) is 45.3 Å². The van der Waals surface area contributed by atoms with Crippen LogP contribution >= 0.6 is 34.8 Å². The average Bonchev–Trinajstić information content (AvgIpc) is 3.39. The molecule has 0 saturated heterocycles. The number of aliphatic hydroxyl groups is 3. The summed E-state index contributed by atoms with van der Waals surface area (Å²) >= 11 is 17.4. The van der Waals surface area contributed by atoms with Gasteiger partial charge in [-0.1, -0.05) is 59.1 Å². The fourth-order valence-corrected chi connectivity index (χ4v) is 6.42. The maximum Gasteiger partial charge on any atom is 0.407 e. The molecule has 0 bridgehead atoms. The Kier molecular flexibility index (Phi) is 21.6. The van der Waals surface area contributed by atoms with Crippen LogP contribution in [0, 0.1) is 55.4 Å². The number of anilines is 3. The Morgan fingerprint density at radius 2 is 0.911 bits per heavy atom. The van der Waals surface area contributed by atoms with E-state index >= 15 is 0 Å². The predicted octanol–water partition coefficient (Wildman–Crippen LogP) is 12.6. The molecule has 6 N–H and O–H groups in total. The van der Waals surface area contributed by atoms with Gasteiger partial charge in [-0.25, -0.2) is 27.7 Å². The molecule has 0 heterocycles. The molecule has 3 atom stereocenters. The summed E-state index contributed by atoms with van der Waals surface area (Å²) in [6.45, 7) is 24.4. The molecule has 79 heavy (non-hydrogen) atoms. The maximum atomic E-state index is 13.6. The van der Waals surface area contributed by atoms with Crippen LogP contribution in [0.2, 0.25) is 15.1 Å². The number of hydrogen-bond donors (Lipinski definition) is 6. The van der Waals surface area contributed by atoms with Gasteiger partial charge in [0.2, 0.25) is 11.4 Å². The zero-order chi connectivity index (χ0) is 59.0. The SMILES string of the molecule is [C-]#[N+]c1ccc(NC(=O)[C@@](C)(O)COc2ccc(C#N)c(F)c2)cc1C(F)(F)F.[C-]#[N+]c1ccc(NC(=O)[C@@](C)(O)COc2ccc(C)c(F)c2)cc1Cl.[C-]#[N+]c1ccc(NC(=O)[C@@](C)(O)COc2ccc(Cl)c(F)c2)cc1Cl. The van der Waals surface area contributed by atoms with E-state index in [2.05, 4.69) is 30.5 Å². The number of benzene rings is 6. The number of aryl methyl sites for hydroxylation is 1. The largest absolute Gasteiger partial charge is 0.490 e. The molecule has 0 aliphatic carbocycles. The van der Waals surface area contributed by atoms with Crippen LogP contribution in [-0.4, -0.2) is 69.7 Å². The molecule has 410 valence electrons. The van der Waals surface area contributed by atoms with Gasteiger partial charge in [0.1, 0.15) is 60.6 Å². The van der Waals surface area contributed by atoms with E-state index in [-0.39, 0.29) is 61.5 Å². The second kappa shape index (κ2) is 27.1. The molecule has 6 aromatic rings. The summed E-state index contributed by atoms with van der Waals surface area (Å²) in [6, 6.07) is 24.3.